The van der Waals surface area contributed by atoms with E-state index in [4.69, 9.17) is 18.9 Å². The van der Waals surface area contributed by atoms with Gasteiger partial charge in [0.25, 0.3) is 0 Å². The van der Waals surface area contributed by atoms with Gasteiger partial charge >= 0.3 is 23.9 Å². The Morgan fingerprint density at radius 3 is 2.48 bits per heavy atom. The average molecular weight is 459 g/mol. The van der Waals surface area contributed by atoms with E-state index in [1.807, 2.05) is 20.8 Å². The molecule has 5 aliphatic rings. The molecule has 2 saturated carbocycles. The van der Waals surface area contributed by atoms with Crippen LogP contribution in [0, 0.1) is 27.6 Å². The largest absolute Gasteiger partial charge is 0.468 e. The molecule has 33 heavy (non-hydrogen) atoms. The van der Waals surface area contributed by atoms with Crippen LogP contribution in [0.15, 0.2) is 23.8 Å². The molecule has 0 aromatic rings. The summed E-state index contributed by atoms with van der Waals surface area (Å²) in [7, 11) is 1.29. The Labute approximate surface area is 192 Å². The summed E-state index contributed by atoms with van der Waals surface area (Å²) in [5.74, 6) is -2.50. The molecule has 4 fully saturated rings. The zero-order valence-electron chi connectivity index (χ0n) is 19.9. The highest BCUT2D eigenvalue weighted by atomic mass is 16.6. The van der Waals surface area contributed by atoms with Gasteiger partial charge in [0.15, 0.2) is 5.60 Å². The molecule has 0 amide bonds. The lowest BCUT2D eigenvalue weighted by Crippen LogP contribution is -2.76. The molecule has 0 spiro atoms. The summed E-state index contributed by atoms with van der Waals surface area (Å²) < 4.78 is 23.1. The zero-order valence-corrected chi connectivity index (χ0v) is 19.9. The van der Waals surface area contributed by atoms with Crippen molar-refractivity contribution in [1.29, 1.82) is 0 Å². The molecule has 0 radical (unpaired) electrons. The first-order valence-corrected chi connectivity index (χ1v) is 11.4. The molecule has 178 valence electrons. The van der Waals surface area contributed by atoms with Crippen LogP contribution >= 0.6 is 0 Å². The quantitative estimate of drug-likeness (QED) is 0.269. The van der Waals surface area contributed by atoms with Crippen molar-refractivity contribution in [3.05, 3.63) is 23.8 Å². The van der Waals surface area contributed by atoms with Crippen LogP contribution in [0.2, 0.25) is 0 Å². The van der Waals surface area contributed by atoms with Crippen molar-refractivity contribution in [2.24, 2.45) is 27.6 Å². The standard InChI is InChI=1S/C25H30O8/c1-12-10-24-22(6,25(12,20(29)30-7)13(2)18(27)33-24)11-15-17-21(4,5)16(31-14(3)26)8-9-23(17,24)19(28)32-15/h10,15-17H,2,8-9,11H2,1,3-7H3/t15-,16-,17+,22-,23+,24-,25-/m0/s1. The molecule has 0 unspecified atom stereocenters. The van der Waals surface area contributed by atoms with Gasteiger partial charge in [0.1, 0.15) is 23.0 Å². The average Bonchev–Trinajstić information content (AvgIpc) is 3.04. The third kappa shape index (κ3) is 1.98. The van der Waals surface area contributed by atoms with Crippen LogP contribution in [0.3, 0.4) is 0 Å². The van der Waals surface area contributed by atoms with Gasteiger partial charge in [0.05, 0.1) is 12.7 Å². The molecule has 0 aromatic heterocycles. The zero-order chi connectivity index (χ0) is 24.4. The monoisotopic (exact) mass is 458 g/mol. The van der Waals surface area contributed by atoms with Gasteiger partial charge in [0, 0.05) is 23.7 Å². The highest BCUT2D eigenvalue weighted by Gasteiger charge is 2.89. The maximum absolute atomic E-state index is 13.8. The lowest BCUT2D eigenvalue weighted by atomic mass is 9.37. The van der Waals surface area contributed by atoms with Crippen LogP contribution in [0.5, 0.6) is 0 Å². The highest BCUT2D eigenvalue weighted by Crippen LogP contribution is 2.80. The number of methoxy groups -OCH3 is 1. The van der Waals surface area contributed by atoms with Gasteiger partial charge < -0.3 is 18.9 Å². The molecule has 2 aliphatic heterocycles. The maximum Gasteiger partial charge on any atom is 0.335 e. The van der Waals surface area contributed by atoms with Crippen molar-refractivity contribution in [3.8, 4) is 0 Å². The van der Waals surface area contributed by atoms with Gasteiger partial charge in [0.2, 0.25) is 0 Å². The fourth-order valence-corrected chi connectivity index (χ4v) is 8.64. The molecule has 8 nitrogen and oxygen atoms in total. The van der Waals surface area contributed by atoms with Crippen molar-refractivity contribution >= 4 is 23.9 Å². The van der Waals surface area contributed by atoms with Crippen molar-refractivity contribution < 1.29 is 38.1 Å². The van der Waals surface area contributed by atoms with Crippen LogP contribution in [0.25, 0.3) is 0 Å². The SMILES string of the molecule is C=C1C(=O)O[C@@]23C=C(C)[C@]1(C(=O)OC)[C@@]2(C)C[C@@H]1OC(=O)[C@]32CC[C@H](OC(C)=O)C(C)(C)[C@@H]12. The molecular formula is C25H30O8. The van der Waals surface area contributed by atoms with E-state index in [2.05, 4.69) is 6.58 Å². The summed E-state index contributed by atoms with van der Waals surface area (Å²) in [6.45, 7) is 12.9. The number of hydrogen-bond donors (Lipinski definition) is 0. The predicted molar refractivity (Wildman–Crippen MR) is 113 cm³/mol. The van der Waals surface area contributed by atoms with E-state index in [-0.39, 0.29) is 23.9 Å². The second-order valence-electron chi connectivity index (χ2n) is 11.1. The van der Waals surface area contributed by atoms with Crippen LogP contribution < -0.4 is 0 Å². The molecule has 7 atom stereocenters. The van der Waals surface area contributed by atoms with E-state index in [1.54, 1.807) is 13.0 Å². The third-order valence-electron chi connectivity index (χ3n) is 9.64. The van der Waals surface area contributed by atoms with Gasteiger partial charge in [-0.25, -0.2) is 4.79 Å². The highest BCUT2D eigenvalue weighted by molar-refractivity contribution is 6.05. The third-order valence-corrected chi connectivity index (χ3v) is 9.64. The smallest absolute Gasteiger partial charge is 0.335 e. The van der Waals surface area contributed by atoms with Crippen LogP contribution in [-0.2, 0) is 38.1 Å². The summed E-state index contributed by atoms with van der Waals surface area (Å²) in [6, 6.07) is 0. The van der Waals surface area contributed by atoms with Gasteiger partial charge in [-0.2, -0.15) is 0 Å². The Morgan fingerprint density at radius 1 is 1.21 bits per heavy atom. The summed E-state index contributed by atoms with van der Waals surface area (Å²) >= 11 is 0. The molecule has 3 aliphatic carbocycles. The molecule has 4 bridgehead atoms. The maximum atomic E-state index is 13.8. The summed E-state index contributed by atoms with van der Waals surface area (Å²) in [5, 5.41) is 0. The van der Waals surface area contributed by atoms with E-state index in [9.17, 15) is 19.2 Å². The van der Waals surface area contributed by atoms with E-state index in [0.29, 0.717) is 18.4 Å². The fourth-order valence-electron chi connectivity index (χ4n) is 8.64. The first-order chi connectivity index (χ1) is 15.3. The first-order valence-electron chi connectivity index (χ1n) is 11.4. The molecule has 2 saturated heterocycles. The van der Waals surface area contributed by atoms with Crippen molar-refractivity contribution in [3.63, 3.8) is 0 Å². The summed E-state index contributed by atoms with van der Waals surface area (Å²) in [6.07, 6.45) is 1.80. The second-order valence-corrected chi connectivity index (χ2v) is 11.1. The molecule has 0 aromatic carbocycles. The van der Waals surface area contributed by atoms with Crippen molar-refractivity contribution in [2.75, 3.05) is 7.11 Å². The van der Waals surface area contributed by atoms with Crippen LogP contribution in [-0.4, -0.2) is 48.8 Å². The Balaban J connectivity index is 1.79. The van der Waals surface area contributed by atoms with Gasteiger partial charge in [-0.15, -0.1) is 0 Å². The topological polar surface area (TPSA) is 105 Å². The Bertz CT molecular complexity index is 1070. The number of esters is 4. The predicted octanol–water partition coefficient (Wildman–Crippen LogP) is 2.65. The Hall–Kier alpha value is -2.64. The van der Waals surface area contributed by atoms with Gasteiger partial charge in [-0.05, 0) is 32.3 Å². The first kappa shape index (κ1) is 22.2. The minimum absolute atomic E-state index is 0.0216. The van der Waals surface area contributed by atoms with Crippen LogP contribution in [0.1, 0.15) is 53.9 Å². The number of hydrogen-bond acceptors (Lipinski definition) is 8. The normalized spacial score (nSPS) is 46.4. The number of ether oxygens (including phenoxy) is 4. The van der Waals surface area contributed by atoms with E-state index >= 15 is 0 Å². The van der Waals surface area contributed by atoms with E-state index < -0.39 is 57.4 Å². The lowest BCUT2D eigenvalue weighted by Gasteiger charge is -2.66. The number of carbonyl (C=O) groups is 4. The Morgan fingerprint density at radius 2 is 1.88 bits per heavy atom. The minimum atomic E-state index is -1.45. The minimum Gasteiger partial charge on any atom is -0.468 e. The molecule has 8 heteroatoms. The van der Waals surface area contributed by atoms with Crippen LogP contribution in [0.4, 0.5) is 0 Å². The fraction of sp³-hybridized carbons (Fsp3) is 0.680. The van der Waals surface area contributed by atoms with E-state index in [1.165, 1.54) is 14.0 Å². The van der Waals surface area contributed by atoms with Crippen molar-refractivity contribution in [2.45, 2.75) is 71.7 Å². The number of carbonyl (C=O) groups excluding carboxylic acids is 4. The molecule has 5 rings (SSSR count). The van der Waals surface area contributed by atoms with Gasteiger partial charge in [-0.1, -0.05) is 32.9 Å². The lowest BCUT2D eigenvalue weighted by molar-refractivity contribution is -0.262. The Kier molecular flexibility index (Phi) is 4.08. The summed E-state index contributed by atoms with van der Waals surface area (Å²) in [4.78, 5) is 52.3. The van der Waals surface area contributed by atoms with Gasteiger partial charge in [-0.3, -0.25) is 14.4 Å². The molecule has 2 heterocycles. The van der Waals surface area contributed by atoms with Crippen molar-refractivity contribution in [1.82, 2.24) is 0 Å². The molecular weight excluding hydrogens is 428 g/mol. The molecule has 0 N–H and O–H groups in total. The number of rotatable bonds is 2. The van der Waals surface area contributed by atoms with E-state index in [0.717, 1.165) is 0 Å². The summed E-state index contributed by atoms with van der Waals surface area (Å²) in [5.41, 5.74) is -5.13. The second kappa shape index (κ2) is 6.07.